The summed E-state index contributed by atoms with van der Waals surface area (Å²) < 4.78 is 5.82. The molecule has 0 aliphatic carbocycles. The monoisotopic (exact) mass is 334 g/mol. The second-order valence-electron chi connectivity index (χ2n) is 9.67. The van der Waals surface area contributed by atoms with E-state index in [2.05, 4.69) is 55.4 Å². The molecule has 0 spiro atoms. The van der Waals surface area contributed by atoms with E-state index in [9.17, 15) is 9.90 Å². The van der Waals surface area contributed by atoms with E-state index >= 15 is 0 Å². The maximum Gasteiger partial charge on any atom is 0.307 e. The fraction of sp³-hybridized carbons (Fsp3) is 0.667. The lowest BCUT2D eigenvalue weighted by molar-refractivity contribution is -0.136. The topological polar surface area (TPSA) is 46.5 Å². The van der Waals surface area contributed by atoms with Gasteiger partial charge in [-0.25, -0.2) is 0 Å². The lowest BCUT2D eigenvalue weighted by atomic mass is 9.70. The molecule has 0 amide bonds. The molecule has 0 radical (unpaired) electrons. The number of aliphatic carboxylic acids is 1. The lowest BCUT2D eigenvalue weighted by Gasteiger charge is -2.36. The minimum absolute atomic E-state index is 0.0334. The predicted molar refractivity (Wildman–Crippen MR) is 100 cm³/mol. The largest absolute Gasteiger partial charge is 0.496 e. The zero-order valence-electron chi connectivity index (χ0n) is 16.8. The first-order valence-electron chi connectivity index (χ1n) is 8.61. The predicted octanol–water partition coefficient (Wildman–Crippen LogP) is 5.33. The Balaban J connectivity index is 3.64. The van der Waals surface area contributed by atoms with Crippen LogP contribution in [0.25, 0.3) is 0 Å². The molecule has 0 fully saturated rings. The molecule has 0 atom stereocenters. The van der Waals surface area contributed by atoms with Crippen LogP contribution in [0.5, 0.6) is 5.75 Å². The average Bonchev–Trinajstić information content (AvgIpc) is 2.33. The maximum atomic E-state index is 11.2. The van der Waals surface area contributed by atoms with Crippen molar-refractivity contribution in [1.29, 1.82) is 0 Å². The summed E-state index contributed by atoms with van der Waals surface area (Å²) in [5.41, 5.74) is 2.94. The second kappa shape index (κ2) is 6.78. The van der Waals surface area contributed by atoms with Crippen LogP contribution in [0.15, 0.2) is 12.1 Å². The molecule has 1 N–H and O–H groups in total. The summed E-state index contributed by atoms with van der Waals surface area (Å²) in [5, 5.41) is 9.24. The molecular formula is C21H34O3. The van der Waals surface area contributed by atoms with Gasteiger partial charge in [0, 0.05) is 11.1 Å². The molecule has 3 nitrogen and oxygen atoms in total. The van der Waals surface area contributed by atoms with Crippen molar-refractivity contribution >= 4 is 5.97 Å². The van der Waals surface area contributed by atoms with Crippen molar-refractivity contribution in [2.24, 2.45) is 5.41 Å². The maximum absolute atomic E-state index is 11.2. The summed E-state index contributed by atoms with van der Waals surface area (Å²) >= 11 is 0. The number of carboxylic acid groups (broad SMARTS) is 1. The van der Waals surface area contributed by atoms with E-state index < -0.39 is 5.97 Å². The summed E-state index contributed by atoms with van der Waals surface area (Å²) in [5.74, 6) is 0.0884. The number of ether oxygens (including phenoxy) is 1. The van der Waals surface area contributed by atoms with Gasteiger partial charge in [0.15, 0.2) is 0 Å². The highest BCUT2D eigenvalue weighted by atomic mass is 16.5. The molecule has 3 heteroatoms. The lowest BCUT2D eigenvalue weighted by Crippen LogP contribution is -2.27. The van der Waals surface area contributed by atoms with Crippen molar-refractivity contribution in [3.05, 3.63) is 28.8 Å². The van der Waals surface area contributed by atoms with Crippen molar-refractivity contribution in [3.63, 3.8) is 0 Å². The van der Waals surface area contributed by atoms with Crippen LogP contribution >= 0.6 is 0 Å². The Bertz CT molecular complexity index is 599. The summed E-state index contributed by atoms with van der Waals surface area (Å²) in [4.78, 5) is 11.2. The Morgan fingerprint density at radius 3 is 1.88 bits per heavy atom. The van der Waals surface area contributed by atoms with Crippen LogP contribution in [-0.2, 0) is 22.0 Å². The highest BCUT2D eigenvalue weighted by Gasteiger charge is 2.33. The van der Waals surface area contributed by atoms with E-state index in [0.29, 0.717) is 0 Å². The first kappa shape index (κ1) is 20.5. The van der Waals surface area contributed by atoms with Gasteiger partial charge >= 0.3 is 5.97 Å². The van der Waals surface area contributed by atoms with Crippen molar-refractivity contribution in [2.45, 2.75) is 79.1 Å². The van der Waals surface area contributed by atoms with E-state index in [-0.39, 0.29) is 22.7 Å². The minimum atomic E-state index is -0.806. The van der Waals surface area contributed by atoms with Gasteiger partial charge in [-0.15, -0.1) is 0 Å². The number of rotatable bonds is 5. The zero-order valence-corrected chi connectivity index (χ0v) is 16.8. The molecule has 0 bridgehead atoms. The van der Waals surface area contributed by atoms with Gasteiger partial charge in [-0.1, -0.05) is 67.5 Å². The Morgan fingerprint density at radius 2 is 1.50 bits per heavy atom. The van der Waals surface area contributed by atoms with Crippen molar-refractivity contribution in [3.8, 4) is 5.75 Å². The van der Waals surface area contributed by atoms with Crippen molar-refractivity contribution in [2.75, 3.05) is 7.11 Å². The molecule has 0 saturated heterocycles. The average molecular weight is 335 g/mol. The number of hydrogen-bond acceptors (Lipinski definition) is 2. The third kappa shape index (κ3) is 5.25. The van der Waals surface area contributed by atoms with E-state index in [1.165, 1.54) is 0 Å². The van der Waals surface area contributed by atoms with Gasteiger partial charge in [0.25, 0.3) is 0 Å². The fourth-order valence-electron chi connectivity index (χ4n) is 3.67. The summed E-state index contributed by atoms with van der Waals surface area (Å²) in [6, 6.07) is 4.01. The van der Waals surface area contributed by atoms with Crippen LogP contribution in [0.4, 0.5) is 0 Å². The van der Waals surface area contributed by atoms with Crippen molar-refractivity contribution in [1.82, 2.24) is 0 Å². The van der Waals surface area contributed by atoms with Crippen LogP contribution in [0.1, 0.15) is 78.5 Å². The summed E-state index contributed by atoms with van der Waals surface area (Å²) in [6.07, 6.45) is 1.02. The van der Waals surface area contributed by atoms with E-state index in [4.69, 9.17) is 4.74 Å². The SMILES string of the molecule is COc1c(C(C)(C)C)cc(CC(=O)O)cc1C(C)(C)CC(C)(C)C. The highest BCUT2D eigenvalue weighted by Crippen LogP contribution is 2.44. The van der Waals surface area contributed by atoms with Gasteiger partial charge in [-0.05, 0) is 28.2 Å². The van der Waals surface area contributed by atoms with Gasteiger partial charge in [0.2, 0.25) is 0 Å². The molecule has 0 unspecified atom stereocenters. The summed E-state index contributed by atoms with van der Waals surface area (Å²) in [7, 11) is 1.71. The molecule has 24 heavy (non-hydrogen) atoms. The number of hydrogen-bond donors (Lipinski definition) is 1. The quantitative estimate of drug-likeness (QED) is 0.791. The highest BCUT2D eigenvalue weighted by molar-refractivity contribution is 5.71. The van der Waals surface area contributed by atoms with Gasteiger partial charge in [-0.2, -0.15) is 0 Å². The van der Waals surface area contributed by atoms with Gasteiger partial charge in [-0.3, -0.25) is 4.79 Å². The summed E-state index contributed by atoms with van der Waals surface area (Å²) in [6.45, 7) is 17.5. The standard InChI is InChI=1S/C21H34O3/c1-19(2,3)13-21(7,8)16-11-14(12-17(22)23)10-15(18(16)24-9)20(4,5)6/h10-11H,12-13H2,1-9H3,(H,22,23). The molecule has 0 aliphatic rings. The van der Waals surface area contributed by atoms with Crippen LogP contribution in [0.2, 0.25) is 0 Å². The number of methoxy groups -OCH3 is 1. The van der Waals surface area contributed by atoms with Gasteiger partial charge < -0.3 is 9.84 Å². The Labute approximate surface area is 147 Å². The van der Waals surface area contributed by atoms with Gasteiger partial charge in [0.1, 0.15) is 5.75 Å². The second-order valence-corrected chi connectivity index (χ2v) is 9.67. The molecule has 136 valence electrons. The molecular weight excluding hydrogens is 300 g/mol. The van der Waals surface area contributed by atoms with Crippen LogP contribution < -0.4 is 4.74 Å². The number of carboxylic acids is 1. The first-order chi connectivity index (χ1) is 10.7. The number of benzene rings is 1. The molecule has 0 aromatic heterocycles. The molecule has 1 rings (SSSR count). The van der Waals surface area contributed by atoms with Crippen LogP contribution in [-0.4, -0.2) is 18.2 Å². The fourth-order valence-corrected chi connectivity index (χ4v) is 3.67. The first-order valence-corrected chi connectivity index (χ1v) is 8.61. The van der Waals surface area contributed by atoms with Crippen molar-refractivity contribution < 1.29 is 14.6 Å². The zero-order chi connectivity index (χ0) is 18.9. The van der Waals surface area contributed by atoms with E-state index in [0.717, 1.165) is 28.9 Å². The Morgan fingerprint density at radius 1 is 1.00 bits per heavy atom. The molecule has 1 aromatic rings. The number of carbonyl (C=O) groups is 1. The van der Waals surface area contributed by atoms with Crippen LogP contribution in [0, 0.1) is 5.41 Å². The van der Waals surface area contributed by atoms with E-state index in [1.807, 2.05) is 12.1 Å². The third-order valence-corrected chi connectivity index (χ3v) is 4.22. The molecule has 0 heterocycles. The molecule has 0 saturated carbocycles. The van der Waals surface area contributed by atoms with E-state index in [1.54, 1.807) is 7.11 Å². The van der Waals surface area contributed by atoms with Gasteiger partial charge in [0.05, 0.1) is 13.5 Å². The molecule has 0 aliphatic heterocycles. The smallest absolute Gasteiger partial charge is 0.307 e. The third-order valence-electron chi connectivity index (χ3n) is 4.22. The Hall–Kier alpha value is -1.51. The Kier molecular flexibility index (Phi) is 5.80. The minimum Gasteiger partial charge on any atom is -0.496 e. The van der Waals surface area contributed by atoms with Crippen LogP contribution in [0.3, 0.4) is 0 Å². The molecule has 1 aromatic carbocycles. The normalized spacial score (nSPS) is 13.0.